The molecule has 1 aromatic carbocycles. The molecule has 0 radical (unpaired) electrons. The molecular formula is C30H44N3O4P. The fraction of sp³-hybridized carbons (Fsp3) is 0.733. The second kappa shape index (κ2) is 11.2. The van der Waals surface area contributed by atoms with E-state index in [1.807, 2.05) is 28.8 Å². The zero-order chi connectivity index (χ0) is 26.3. The summed E-state index contributed by atoms with van der Waals surface area (Å²) in [6.45, 7) is 5.08. The second-order valence-electron chi connectivity index (χ2n) is 12.2. The lowest BCUT2D eigenvalue weighted by Gasteiger charge is -2.46. The molecule has 2 aliphatic carbocycles. The van der Waals surface area contributed by atoms with Crippen LogP contribution in [0.15, 0.2) is 29.1 Å². The van der Waals surface area contributed by atoms with Gasteiger partial charge < -0.3 is 13.6 Å². The van der Waals surface area contributed by atoms with Gasteiger partial charge in [-0.15, -0.1) is 0 Å². The molecule has 208 valence electrons. The normalized spacial score (nSPS) is 32.3. The van der Waals surface area contributed by atoms with Crippen molar-refractivity contribution in [3.63, 3.8) is 0 Å². The lowest BCUT2D eigenvalue weighted by atomic mass is 9.70. The van der Waals surface area contributed by atoms with E-state index in [1.54, 1.807) is 13.8 Å². The lowest BCUT2D eigenvalue weighted by molar-refractivity contribution is 0.0409. The molecule has 8 heteroatoms. The van der Waals surface area contributed by atoms with Crippen molar-refractivity contribution in [3.8, 4) is 0 Å². The first kappa shape index (κ1) is 26.7. The van der Waals surface area contributed by atoms with Crippen LogP contribution in [-0.2, 0) is 13.6 Å². The second-order valence-corrected chi connectivity index (χ2v) is 14.2. The van der Waals surface area contributed by atoms with E-state index >= 15 is 0 Å². The third kappa shape index (κ3) is 5.05. The number of nitrogens with zero attached hydrogens (tertiary/aromatic N) is 3. The minimum Gasteiger partial charge on any atom is -0.304 e. The highest BCUT2D eigenvalue weighted by molar-refractivity contribution is 7.61. The number of aromatic nitrogens is 2. The van der Waals surface area contributed by atoms with Crippen molar-refractivity contribution in [1.29, 1.82) is 0 Å². The predicted octanol–water partition coefficient (Wildman–Crippen LogP) is 6.06. The smallest absolute Gasteiger partial charge is 0.304 e. The summed E-state index contributed by atoms with van der Waals surface area (Å²) < 4.78 is 26.9. The Hall–Kier alpha value is -1.53. The van der Waals surface area contributed by atoms with Gasteiger partial charge in [-0.2, -0.15) is 0 Å². The first-order chi connectivity index (χ1) is 18.5. The Kier molecular flexibility index (Phi) is 7.83. The summed E-state index contributed by atoms with van der Waals surface area (Å²) >= 11 is 0. The van der Waals surface area contributed by atoms with Gasteiger partial charge in [0.25, 0.3) is 5.56 Å². The van der Waals surface area contributed by atoms with Gasteiger partial charge in [-0.1, -0.05) is 37.8 Å². The maximum Gasteiger partial charge on any atom is 0.385 e. The van der Waals surface area contributed by atoms with E-state index in [2.05, 4.69) is 9.88 Å². The maximum atomic E-state index is 14.2. The summed E-state index contributed by atoms with van der Waals surface area (Å²) in [5.41, 5.74) is 1.13. The monoisotopic (exact) mass is 541 g/mol. The van der Waals surface area contributed by atoms with Crippen LogP contribution >= 0.6 is 7.60 Å². The van der Waals surface area contributed by atoms with Crippen molar-refractivity contribution in [1.82, 2.24) is 14.5 Å². The Labute approximate surface area is 226 Å². The minimum absolute atomic E-state index is 0.0502. The predicted molar refractivity (Wildman–Crippen MR) is 151 cm³/mol. The molecule has 3 heterocycles. The van der Waals surface area contributed by atoms with E-state index in [0.29, 0.717) is 23.5 Å². The molecule has 7 nitrogen and oxygen atoms in total. The average Bonchev–Trinajstić information content (AvgIpc) is 3.20. The van der Waals surface area contributed by atoms with Crippen LogP contribution in [0.5, 0.6) is 0 Å². The molecule has 2 saturated heterocycles. The maximum absolute atomic E-state index is 14.2. The van der Waals surface area contributed by atoms with Crippen molar-refractivity contribution in [2.75, 3.05) is 19.8 Å². The molecule has 4 aliphatic rings. The number of hydrogen-bond donors (Lipinski definition) is 0. The van der Waals surface area contributed by atoms with Crippen LogP contribution in [0.3, 0.4) is 0 Å². The fourth-order valence-corrected chi connectivity index (χ4v) is 9.97. The molecular weight excluding hydrogens is 497 g/mol. The first-order valence-corrected chi connectivity index (χ1v) is 16.7. The van der Waals surface area contributed by atoms with Crippen molar-refractivity contribution in [2.24, 2.45) is 17.8 Å². The van der Waals surface area contributed by atoms with Crippen molar-refractivity contribution in [3.05, 3.63) is 34.6 Å². The molecule has 2 saturated carbocycles. The fourth-order valence-electron chi connectivity index (χ4n) is 8.39. The van der Waals surface area contributed by atoms with Crippen LogP contribution in [-0.4, -0.2) is 46.3 Å². The average molecular weight is 542 g/mol. The minimum atomic E-state index is -3.83. The Morgan fingerprint density at radius 2 is 1.50 bits per heavy atom. The van der Waals surface area contributed by atoms with Gasteiger partial charge in [0, 0.05) is 24.7 Å². The van der Waals surface area contributed by atoms with Gasteiger partial charge in [-0.05, 0) is 88.7 Å². The van der Waals surface area contributed by atoms with E-state index in [9.17, 15) is 9.36 Å². The third-order valence-corrected chi connectivity index (χ3v) is 11.8. The molecule has 0 amide bonds. The Balaban J connectivity index is 1.39. The molecule has 4 bridgehead atoms. The molecule has 1 aromatic heterocycles. The molecule has 2 aromatic rings. The quantitative estimate of drug-likeness (QED) is 0.397. The Bertz CT molecular complexity index is 1230. The van der Waals surface area contributed by atoms with Crippen LogP contribution in [0.4, 0.5) is 0 Å². The molecule has 0 N–H and O–H groups in total. The standard InChI is InChI=1S/C30H44N3O4P/c1-3-36-38(35,37-4-2)29-30(34)33(28-14-6-5-13-27(28)31-29)26-18-23-11-8-12-24(19-26)32(20-23)25-16-21-9-7-10-22(15-21)17-25/h5-6,13-14,21-26H,3-4,7-12,15-20H2,1-2H3. The molecule has 2 aliphatic heterocycles. The molecule has 6 rings (SSSR count). The summed E-state index contributed by atoms with van der Waals surface area (Å²) in [6.07, 6.45) is 14.1. The van der Waals surface area contributed by atoms with Gasteiger partial charge in [0.2, 0.25) is 5.44 Å². The van der Waals surface area contributed by atoms with Gasteiger partial charge in [-0.25, -0.2) is 4.98 Å². The molecule has 38 heavy (non-hydrogen) atoms. The molecule has 5 atom stereocenters. The number of rotatable bonds is 7. The zero-order valence-electron chi connectivity index (χ0n) is 23.1. The topological polar surface area (TPSA) is 73.7 Å². The van der Waals surface area contributed by atoms with Gasteiger partial charge in [-0.3, -0.25) is 14.3 Å². The van der Waals surface area contributed by atoms with Crippen molar-refractivity contribution >= 4 is 24.1 Å². The van der Waals surface area contributed by atoms with Crippen LogP contribution in [0, 0.1) is 17.8 Å². The molecule has 5 unspecified atom stereocenters. The van der Waals surface area contributed by atoms with E-state index in [4.69, 9.17) is 9.05 Å². The summed E-state index contributed by atoms with van der Waals surface area (Å²) in [7, 11) is -3.83. The van der Waals surface area contributed by atoms with Crippen LogP contribution in [0.1, 0.15) is 90.5 Å². The zero-order valence-corrected chi connectivity index (χ0v) is 24.0. The third-order valence-electron chi connectivity index (χ3n) is 9.81. The van der Waals surface area contributed by atoms with Gasteiger partial charge in [0.05, 0.1) is 24.2 Å². The van der Waals surface area contributed by atoms with E-state index < -0.39 is 7.60 Å². The molecule has 0 spiro atoms. The van der Waals surface area contributed by atoms with Gasteiger partial charge in [0.15, 0.2) is 0 Å². The highest BCUT2D eigenvalue weighted by atomic mass is 31.2. The SMILES string of the molecule is CCOP(=O)(OCC)c1nc2ccccc2n(C2CC3CCCC(C2)N(C2CC4CCCC(C4)C2)C3)c1=O. The van der Waals surface area contributed by atoms with Gasteiger partial charge >= 0.3 is 7.60 Å². The van der Waals surface area contributed by atoms with Crippen molar-refractivity contribution in [2.45, 2.75) is 103 Å². The first-order valence-electron chi connectivity index (χ1n) is 15.2. The number of fused-ring (bicyclic) bond motifs is 6. The van der Waals surface area contributed by atoms with E-state index in [-0.39, 0.29) is 30.2 Å². The summed E-state index contributed by atoms with van der Waals surface area (Å²) in [5, 5.41) is 0. The number of para-hydroxylation sites is 2. The Morgan fingerprint density at radius 3 is 2.24 bits per heavy atom. The molecule has 4 fully saturated rings. The van der Waals surface area contributed by atoms with Gasteiger partial charge in [0.1, 0.15) is 0 Å². The van der Waals surface area contributed by atoms with Crippen LogP contribution in [0.2, 0.25) is 0 Å². The van der Waals surface area contributed by atoms with E-state index in [1.165, 1.54) is 57.8 Å². The van der Waals surface area contributed by atoms with E-state index in [0.717, 1.165) is 36.7 Å². The summed E-state index contributed by atoms with van der Waals surface area (Å²) in [5.74, 6) is 2.39. The van der Waals surface area contributed by atoms with Crippen LogP contribution < -0.4 is 11.0 Å². The summed E-state index contributed by atoms with van der Waals surface area (Å²) in [4.78, 5) is 21.7. The largest absolute Gasteiger partial charge is 0.385 e. The number of benzene rings is 1. The van der Waals surface area contributed by atoms with Crippen molar-refractivity contribution < 1.29 is 13.6 Å². The highest BCUT2D eigenvalue weighted by Crippen LogP contribution is 2.47. The number of hydrogen-bond acceptors (Lipinski definition) is 6. The summed E-state index contributed by atoms with van der Waals surface area (Å²) in [6, 6.07) is 9.01. The highest BCUT2D eigenvalue weighted by Gasteiger charge is 2.42. The Morgan fingerprint density at radius 1 is 0.842 bits per heavy atom. The van der Waals surface area contributed by atoms with Crippen LogP contribution in [0.25, 0.3) is 11.0 Å². The lowest BCUT2D eigenvalue weighted by Crippen LogP contribution is -2.48.